The van der Waals surface area contributed by atoms with Gasteiger partial charge < -0.3 is 20.7 Å². The molecule has 5 rings (SSSR count). The molecule has 1 heterocycles. The second-order valence-corrected chi connectivity index (χ2v) is 8.74. The first kappa shape index (κ1) is 26.9. The fourth-order valence-corrected chi connectivity index (χ4v) is 3.70. The van der Waals surface area contributed by atoms with Gasteiger partial charge in [-0.1, -0.05) is 18.2 Å². The zero-order valence-electron chi connectivity index (χ0n) is 21.8. The Morgan fingerprint density at radius 1 is 0.634 bits per heavy atom. The summed E-state index contributed by atoms with van der Waals surface area (Å²) in [4.78, 5) is 25.9. The van der Waals surface area contributed by atoms with E-state index in [2.05, 4.69) is 30.9 Å². The summed E-state index contributed by atoms with van der Waals surface area (Å²) in [5, 5.41) is 9.15. The largest absolute Gasteiger partial charge is 0.497 e. The third kappa shape index (κ3) is 7.48. The number of carbonyl (C=O) groups excluding carboxylic acids is 1. The van der Waals surface area contributed by atoms with E-state index < -0.39 is 0 Å². The highest BCUT2D eigenvalue weighted by atomic mass is 19.1. The number of ketones is 1. The molecular formula is C31H24F2N6O2. The molecule has 10 heteroatoms. The van der Waals surface area contributed by atoms with Crippen molar-refractivity contribution in [1.82, 2.24) is 15.0 Å². The van der Waals surface area contributed by atoms with Gasteiger partial charge in [-0.3, -0.25) is 4.79 Å². The molecule has 0 unspecified atom stereocenters. The molecule has 1 aromatic heterocycles. The van der Waals surface area contributed by atoms with Gasteiger partial charge in [0.05, 0.1) is 7.11 Å². The smallest absolute Gasteiger partial charge is 0.233 e. The molecule has 0 fully saturated rings. The molecule has 5 aromatic rings. The van der Waals surface area contributed by atoms with Crippen LogP contribution in [0.25, 0.3) is 6.08 Å². The van der Waals surface area contributed by atoms with E-state index in [0.717, 1.165) is 11.3 Å². The van der Waals surface area contributed by atoms with E-state index in [1.165, 1.54) is 30.3 Å². The highest BCUT2D eigenvalue weighted by Crippen LogP contribution is 2.22. The Bertz CT molecular complexity index is 1590. The van der Waals surface area contributed by atoms with Crippen LogP contribution in [0, 0.1) is 11.6 Å². The van der Waals surface area contributed by atoms with E-state index >= 15 is 0 Å². The minimum atomic E-state index is -0.370. The number of halogens is 2. The van der Waals surface area contributed by atoms with Crippen LogP contribution in [0.2, 0.25) is 0 Å². The molecule has 41 heavy (non-hydrogen) atoms. The zero-order chi connectivity index (χ0) is 28.6. The highest BCUT2D eigenvalue weighted by Gasteiger charge is 2.10. The Hall–Kier alpha value is -5.64. The van der Waals surface area contributed by atoms with E-state index in [4.69, 9.17) is 4.74 Å². The minimum Gasteiger partial charge on any atom is -0.497 e. The first-order valence-electron chi connectivity index (χ1n) is 12.5. The molecule has 0 aliphatic rings. The number of carbonyl (C=O) groups is 1. The van der Waals surface area contributed by atoms with Crippen molar-refractivity contribution in [3.63, 3.8) is 0 Å². The lowest BCUT2D eigenvalue weighted by Crippen LogP contribution is -2.07. The van der Waals surface area contributed by atoms with Gasteiger partial charge in [0.2, 0.25) is 17.8 Å². The number of rotatable bonds is 10. The lowest BCUT2D eigenvalue weighted by Gasteiger charge is -2.12. The molecule has 0 bridgehead atoms. The normalized spacial score (nSPS) is 10.8. The molecule has 0 atom stereocenters. The standard InChI is InChI=1S/C31H24F2N6O2/c1-41-27-17-2-20(3-18-27)4-19-28(40)21-5-11-24(12-6-21)34-29-37-30(35-25-13-7-22(32)8-14-25)39-31(38-29)36-26-15-9-23(33)10-16-26/h2-19H,1H3,(H3,34,35,36,37,38,39)/b19-4+. The topological polar surface area (TPSA) is 101 Å². The summed E-state index contributed by atoms with van der Waals surface area (Å²) in [6, 6.07) is 25.7. The quantitative estimate of drug-likeness (QED) is 0.123. The number of methoxy groups -OCH3 is 1. The molecule has 0 saturated heterocycles. The average Bonchev–Trinajstić information content (AvgIpc) is 2.99. The number of anilines is 6. The maximum atomic E-state index is 13.3. The second-order valence-electron chi connectivity index (χ2n) is 8.74. The minimum absolute atomic E-state index is 0.149. The van der Waals surface area contributed by atoms with Gasteiger partial charge in [0.15, 0.2) is 5.78 Å². The number of nitrogens with one attached hydrogen (secondary N) is 3. The summed E-state index contributed by atoms with van der Waals surface area (Å²) in [6.45, 7) is 0. The van der Waals surface area contributed by atoms with Crippen LogP contribution in [-0.2, 0) is 0 Å². The first-order valence-corrected chi connectivity index (χ1v) is 12.5. The van der Waals surface area contributed by atoms with Crippen LogP contribution in [0.15, 0.2) is 103 Å². The molecule has 0 aliphatic heterocycles. The molecule has 8 nitrogen and oxygen atoms in total. The Morgan fingerprint density at radius 3 is 1.46 bits per heavy atom. The first-order chi connectivity index (χ1) is 19.9. The predicted octanol–water partition coefficient (Wildman–Crippen LogP) is 7.29. The number of nitrogens with zero attached hydrogens (tertiary/aromatic N) is 3. The van der Waals surface area contributed by atoms with Crippen LogP contribution >= 0.6 is 0 Å². The number of allylic oxidation sites excluding steroid dienone is 1. The van der Waals surface area contributed by atoms with Crippen molar-refractivity contribution < 1.29 is 18.3 Å². The molecule has 0 aliphatic carbocycles. The van der Waals surface area contributed by atoms with Gasteiger partial charge in [-0.15, -0.1) is 0 Å². The molecule has 0 radical (unpaired) electrons. The number of aromatic nitrogens is 3. The van der Waals surface area contributed by atoms with Crippen molar-refractivity contribution in [1.29, 1.82) is 0 Å². The number of benzene rings is 4. The summed E-state index contributed by atoms with van der Waals surface area (Å²) in [6.07, 6.45) is 3.25. The molecule has 0 saturated carbocycles. The van der Waals surface area contributed by atoms with Crippen LogP contribution < -0.4 is 20.7 Å². The van der Waals surface area contributed by atoms with Gasteiger partial charge in [-0.2, -0.15) is 15.0 Å². The van der Waals surface area contributed by atoms with Crippen molar-refractivity contribution in [2.24, 2.45) is 0 Å². The molecule has 3 N–H and O–H groups in total. The second kappa shape index (κ2) is 12.5. The Labute approximate surface area is 234 Å². The van der Waals surface area contributed by atoms with Crippen LogP contribution in [0.5, 0.6) is 5.75 Å². The van der Waals surface area contributed by atoms with E-state index in [1.807, 2.05) is 24.3 Å². The zero-order valence-corrected chi connectivity index (χ0v) is 21.8. The Balaban J connectivity index is 1.33. The van der Waals surface area contributed by atoms with E-state index in [1.54, 1.807) is 61.7 Å². The summed E-state index contributed by atoms with van der Waals surface area (Å²) in [5.74, 6) is 0.433. The van der Waals surface area contributed by atoms with Gasteiger partial charge in [0.1, 0.15) is 17.4 Å². The maximum absolute atomic E-state index is 13.3. The highest BCUT2D eigenvalue weighted by molar-refractivity contribution is 6.07. The fraction of sp³-hybridized carbons (Fsp3) is 0.0323. The monoisotopic (exact) mass is 550 g/mol. The molecular weight excluding hydrogens is 526 g/mol. The van der Waals surface area contributed by atoms with E-state index in [9.17, 15) is 13.6 Å². The third-order valence-electron chi connectivity index (χ3n) is 5.80. The maximum Gasteiger partial charge on any atom is 0.233 e. The van der Waals surface area contributed by atoms with Gasteiger partial charge in [0, 0.05) is 22.6 Å². The SMILES string of the molecule is COc1ccc(/C=C/C(=O)c2ccc(Nc3nc(Nc4ccc(F)cc4)nc(Nc4ccc(F)cc4)n3)cc2)cc1. The molecule has 4 aromatic carbocycles. The summed E-state index contributed by atoms with van der Waals surface area (Å²) >= 11 is 0. The van der Waals surface area contributed by atoms with Crippen LogP contribution in [0.1, 0.15) is 15.9 Å². The predicted molar refractivity (Wildman–Crippen MR) is 155 cm³/mol. The van der Waals surface area contributed by atoms with Crippen LogP contribution in [0.3, 0.4) is 0 Å². The number of ether oxygens (including phenoxy) is 1. The van der Waals surface area contributed by atoms with Crippen LogP contribution in [-0.4, -0.2) is 27.8 Å². The van der Waals surface area contributed by atoms with Crippen molar-refractivity contribution in [2.45, 2.75) is 0 Å². The number of hydrogen-bond acceptors (Lipinski definition) is 8. The molecule has 0 spiro atoms. The Kier molecular flexibility index (Phi) is 8.20. The third-order valence-corrected chi connectivity index (χ3v) is 5.80. The van der Waals surface area contributed by atoms with Crippen molar-refractivity contribution in [2.75, 3.05) is 23.1 Å². The van der Waals surface area contributed by atoms with Gasteiger partial charge >= 0.3 is 0 Å². The average molecular weight is 551 g/mol. The summed E-state index contributed by atoms with van der Waals surface area (Å²) in [5.41, 5.74) is 3.16. The van der Waals surface area contributed by atoms with Gasteiger partial charge in [-0.05, 0) is 96.6 Å². The van der Waals surface area contributed by atoms with Crippen molar-refractivity contribution >= 4 is 46.8 Å². The van der Waals surface area contributed by atoms with Crippen molar-refractivity contribution in [3.8, 4) is 5.75 Å². The lowest BCUT2D eigenvalue weighted by atomic mass is 10.1. The molecule has 204 valence electrons. The Morgan fingerprint density at radius 2 is 1.05 bits per heavy atom. The fourth-order valence-electron chi connectivity index (χ4n) is 3.70. The summed E-state index contributed by atoms with van der Waals surface area (Å²) in [7, 11) is 1.60. The number of hydrogen-bond donors (Lipinski definition) is 3. The van der Waals surface area contributed by atoms with Crippen molar-refractivity contribution in [3.05, 3.63) is 126 Å². The van der Waals surface area contributed by atoms with Gasteiger partial charge in [-0.25, -0.2) is 8.78 Å². The van der Waals surface area contributed by atoms with E-state index in [0.29, 0.717) is 22.6 Å². The van der Waals surface area contributed by atoms with Gasteiger partial charge in [0.25, 0.3) is 0 Å². The summed E-state index contributed by atoms with van der Waals surface area (Å²) < 4.78 is 31.8. The molecule has 0 amide bonds. The van der Waals surface area contributed by atoms with E-state index in [-0.39, 0.29) is 35.3 Å². The lowest BCUT2D eigenvalue weighted by molar-refractivity contribution is 0.104. The van der Waals surface area contributed by atoms with Crippen LogP contribution in [0.4, 0.5) is 43.7 Å².